The molecule has 3 rings (SSSR count). The molecule has 1 nitrogen and oxygen atoms in total. The molecule has 0 spiro atoms. The van der Waals surface area contributed by atoms with Crippen molar-refractivity contribution in [1.29, 1.82) is 0 Å². The number of benzene rings is 3. The van der Waals surface area contributed by atoms with E-state index in [1.807, 2.05) is 0 Å². The summed E-state index contributed by atoms with van der Waals surface area (Å²) in [5.74, 6) is 0. The summed E-state index contributed by atoms with van der Waals surface area (Å²) in [6.45, 7) is 7.94. The molecule has 3 heteroatoms. The van der Waals surface area contributed by atoms with Gasteiger partial charge in [-0.25, -0.2) is 0 Å². The first-order valence-electron chi connectivity index (χ1n) is 10.8. The van der Waals surface area contributed by atoms with E-state index in [1.54, 1.807) is 0 Å². The Hall–Kier alpha value is -1.47. The molecule has 0 bridgehead atoms. The van der Waals surface area contributed by atoms with Gasteiger partial charge in [0, 0.05) is 0 Å². The third kappa shape index (κ3) is 4.50. The molecule has 0 amide bonds. The van der Waals surface area contributed by atoms with Crippen molar-refractivity contribution in [2.45, 2.75) is 26.7 Å². The summed E-state index contributed by atoms with van der Waals surface area (Å²) < 4.78 is 0. The van der Waals surface area contributed by atoms with Gasteiger partial charge in [-0.1, -0.05) is 0 Å². The first-order chi connectivity index (χ1) is 14.1. The van der Waals surface area contributed by atoms with E-state index in [0.29, 0.717) is 0 Å². The fourth-order valence-electron chi connectivity index (χ4n) is 4.33. The van der Waals surface area contributed by atoms with Crippen molar-refractivity contribution in [3.63, 3.8) is 0 Å². The third-order valence-electron chi connectivity index (χ3n) is 6.08. The minimum absolute atomic E-state index is 1.13. The van der Waals surface area contributed by atoms with Crippen LogP contribution in [0.4, 0.5) is 0 Å². The van der Waals surface area contributed by atoms with Gasteiger partial charge < -0.3 is 0 Å². The second-order valence-electron chi connectivity index (χ2n) is 7.65. The molecule has 0 unspecified atom stereocenters. The molecule has 0 fully saturated rings. The first kappa shape index (κ1) is 22.2. The van der Waals surface area contributed by atoms with Gasteiger partial charge in [0.05, 0.1) is 0 Å². The normalized spacial score (nSPS) is 13.2. The van der Waals surface area contributed by atoms with E-state index in [0.717, 1.165) is 19.3 Å². The second kappa shape index (κ2) is 10.0. The third-order valence-corrected chi connectivity index (χ3v) is 16.1. The molecular weight excluding hydrogens is 437 g/mol. The molecular formula is C26H33BrNP. The van der Waals surface area contributed by atoms with Crippen LogP contribution in [0.2, 0.25) is 0 Å². The van der Waals surface area contributed by atoms with E-state index < -0.39 is 5.31 Å². The Morgan fingerprint density at radius 1 is 0.621 bits per heavy atom. The maximum absolute atomic E-state index is 4.54. The van der Waals surface area contributed by atoms with E-state index in [4.69, 9.17) is 0 Å². The zero-order valence-electron chi connectivity index (χ0n) is 17.7. The molecule has 3 aromatic carbocycles. The summed E-state index contributed by atoms with van der Waals surface area (Å²) >= 11 is 4.54. The fourth-order valence-corrected chi connectivity index (χ4v) is 12.1. The van der Waals surface area contributed by atoms with E-state index in [1.165, 1.54) is 35.3 Å². The molecule has 0 aliphatic rings. The van der Waals surface area contributed by atoms with Crippen LogP contribution in [-0.4, -0.2) is 30.7 Å². The molecule has 0 saturated heterocycles. The standard InChI is InChI=1S/C26H33BrNP/c1-3-28(4-2)22-14-15-23-29(27,24-16-8-5-9-17-24,25-18-10-6-11-19-25)26-20-12-7-13-21-26/h5-13,16-21H,3-4,14-15,22-23H2,1-2H3. The molecule has 29 heavy (non-hydrogen) atoms. The Morgan fingerprint density at radius 3 is 1.34 bits per heavy atom. The van der Waals surface area contributed by atoms with Crippen LogP contribution in [0.1, 0.15) is 26.7 Å². The van der Waals surface area contributed by atoms with Gasteiger partial charge >= 0.3 is 185 Å². The maximum atomic E-state index is 4.54. The Kier molecular flexibility index (Phi) is 7.68. The zero-order chi connectivity index (χ0) is 20.6. The van der Waals surface area contributed by atoms with Crippen LogP contribution >= 0.6 is 20.8 Å². The van der Waals surface area contributed by atoms with Crippen molar-refractivity contribution in [2.24, 2.45) is 0 Å². The van der Waals surface area contributed by atoms with Crippen molar-refractivity contribution in [1.82, 2.24) is 4.90 Å². The Balaban J connectivity index is 2.09. The molecule has 0 atom stereocenters. The average molecular weight is 470 g/mol. The van der Waals surface area contributed by atoms with Crippen LogP contribution < -0.4 is 15.9 Å². The predicted molar refractivity (Wildman–Crippen MR) is 136 cm³/mol. The molecule has 154 valence electrons. The summed E-state index contributed by atoms with van der Waals surface area (Å²) in [4.78, 5) is 2.52. The number of hydrogen-bond donors (Lipinski definition) is 0. The van der Waals surface area contributed by atoms with E-state index in [-0.39, 0.29) is 0 Å². The predicted octanol–water partition coefficient (Wildman–Crippen LogP) is 5.95. The zero-order valence-corrected chi connectivity index (χ0v) is 20.2. The van der Waals surface area contributed by atoms with Crippen LogP contribution in [0.3, 0.4) is 0 Å². The van der Waals surface area contributed by atoms with Gasteiger partial charge in [0.15, 0.2) is 0 Å². The molecule has 0 saturated carbocycles. The average Bonchev–Trinajstić information content (AvgIpc) is 2.81. The van der Waals surface area contributed by atoms with Crippen LogP contribution in [0, 0.1) is 0 Å². The van der Waals surface area contributed by atoms with Crippen molar-refractivity contribution in [2.75, 3.05) is 25.8 Å². The molecule has 3 aromatic rings. The van der Waals surface area contributed by atoms with Gasteiger partial charge in [0.25, 0.3) is 0 Å². The van der Waals surface area contributed by atoms with E-state index in [2.05, 4.69) is 125 Å². The summed E-state index contributed by atoms with van der Waals surface area (Å²) in [6.07, 6.45) is 3.54. The molecule has 0 radical (unpaired) electrons. The van der Waals surface area contributed by atoms with Crippen LogP contribution in [0.25, 0.3) is 0 Å². The van der Waals surface area contributed by atoms with Crippen LogP contribution in [0.5, 0.6) is 0 Å². The van der Waals surface area contributed by atoms with Gasteiger partial charge in [-0.2, -0.15) is 0 Å². The van der Waals surface area contributed by atoms with Gasteiger partial charge in [0.2, 0.25) is 0 Å². The summed E-state index contributed by atoms with van der Waals surface area (Å²) in [5, 5.41) is 1.51. The Morgan fingerprint density at radius 2 is 1.00 bits per heavy atom. The molecule has 0 aliphatic carbocycles. The van der Waals surface area contributed by atoms with Crippen molar-refractivity contribution in [3.8, 4) is 0 Å². The van der Waals surface area contributed by atoms with Crippen molar-refractivity contribution in [3.05, 3.63) is 91.0 Å². The number of hydrogen-bond acceptors (Lipinski definition) is 1. The Bertz CT molecular complexity index is 764. The summed E-state index contributed by atoms with van der Waals surface area (Å²) in [7, 11) is 0. The molecule has 0 aromatic heterocycles. The van der Waals surface area contributed by atoms with Crippen LogP contribution in [0.15, 0.2) is 91.0 Å². The summed E-state index contributed by atoms with van der Waals surface area (Å²) in [5.41, 5.74) is 0. The van der Waals surface area contributed by atoms with E-state index >= 15 is 0 Å². The second-order valence-corrected chi connectivity index (χ2v) is 16.7. The van der Waals surface area contributed by atoms with Gasteiger partial charge in [-0.05, 0) is 0 Å². The number of unbranched alkanes of at least 4 members (excludes halogenated alkanes) is 1. The van der Waals surface area contributed by atoms with Gasteiger partial charge in [-0.3, -0.25) is 0 Å². The first-order valence-corrected chi connectivity index (χ1v) is 15.2. The molecule has 0 aliphatic heterocycles. The number of halogens is 1. The van der Waals surface area contributed by atoms with Gasteiger partial charge in [-0.15, -0.1) is 0 Å². The SMILES string of the molecule is CCN(CC)CCCCP(Br)(c1ccccc1)(c1ccccc1)c1ccccc1. The van der Waals surface area contributed by atoms with Gasteiger partial charge in [0.1, 0.15) is 0 Å². The fraction of sp³-hybridized carbons (Fsp3) is 0.308. The monoisotopic (exact) mass is 469 g/mol. The minimum atomic E-state index is -2.73. The van der Waals surface area contributed by atoms with E-state index in [9.17, 15) is 0 Å². The summed E-state index contributed by atoms with van der Waals surface area (Å²) in [6, 6.07) is 33.3. The number of rotatable bonds is 10. The topological polar surface area (TPSA) is 3.24 Å². The molecule has 0 N–H and O–H groups in total. The van der Waals surface area contributed by atoms with Crippen molar-refractivity contribution >= 4 is 36.7 Å². The Labute approximate surface area is 184 Å². The van der Waals surface area contributed by atoms with Crippen LogP contribution in [-0.2, 0) is 0 Å². The number of nitrogens with zero attached hydrogens (tertiary/aromatic N) is 1. The molecule has 0 heterocycles. The quantitative estimate of drug-likeness (QED) is 0.262. The van der Waals surface area contributed by atoms with Crippen molar-refractivity contribution < 1.29 is 0 Å².